The molecule has 1 aliphatic rings. The molecule has 32 heavy (non-hydrogen) atoms. The van der Waals surface area contributed by atoms with Crippen LogP contribution in [0.4, 0.5) is 26.4 Å². The Balaban J connectivity index is 1.61. The maximum atomic E-state index is 15.0. The van der Waals surface area contributed by atoms with Crippen LogP contribution in [0.5, 0.6) is 0 Å². The average molecular weight is 438 g/mol. The Morgan fingerprint density at radius 3 is 2.59 bits per heavy atom. The molecule has 0 saturated carbocycles. The van der Waals surface area contributed by atoms with Crippen LogP contribution >= 0.6 is 0 Å². The molecular weight excluding hydrogens is 415 g/mol. The van der Waals surface area contributed by atoms with Gasteiger partial charge in [-0.25, -0.2) is 14.2 Å². The molecule has 5 N–H and O–H groups in total. The highest BCUT2D eigenvalue weighted by molar-refractivity contribution is 5.99. The number of amides is 2. The Bertz CT molecular complexity index is 1260. The first-order chi connectivity index (χ1) is 15.1. The van der Waals surface area contributed by atoms with E-state index in [4.69, 9.17) is 16.2 Å². The summed E-state index contributed by atoms with van der Waals surface area (Å²) in [4.78, 5) is 33.5. The number of carbonyl (C=O) groups excluding carboxylic acids is 2. The molecule has 4 rings (SSSR count). The van der Waals surface area contributed by atoms with Gasteiger partial charge in [-0.15, -0.1) is 0 Å². The maximum Gasteiger partial charge on any atom is 0.413 e. The first kappa shape index (κ1) is 21.3. The van der Waals surface area contributed by atoms with Crippen LogP contribution in [-0.4, -0.2) is 45.6 Å². The van der Waals surface area contributed by atoms with E-state index in [0.717, 1.165) is 0 Å². The molecule has 10 heteroatoms. The van der Waals surface area contributed by atoms with Crippen LogP contribution < -0.4 is 16.8 Å². The van der Waals surface area contributed by atoms with E-state index in [2.05, 4.69) is 15.3 Å². The summed E-state index contributed by atoms with van der Waals surface area (Å²) in [5, 5.41) is 3.55. The third-order valence-corrected chi connectivity index (χ3v) is 5.61. The number of hydrogen-bond acceptors (Lipinski definition) is 7. The van der Waals surface area contributed by atoms with Gasteiger partial charge in [0.2, 0.25) is 5.91 Å². The van der Waals surface area contributed by atoms with Crippen LogP contribution in [0.2, 0.25) is 0 Å². The first-order valence-corrected chi connectivity index (χ1v) is 9.91. The third-order valence-electron chi connectivity index (χ3n) is 5.61. The van der Waals surface area contributed by atoms with E-state index in [1.165, 1.54) is 25.5 Å². The molecule has 1 aromatic carbocycles. The van der Waals surface area contributed by atoms with Crippen molar-refractivity contribution in [3.05, 3.63) is 42.1 Å². The maximum absolute atomic E-state index is 15.0. The number of aromatic nitrogens is 2. The van der Waals surface area contributed by atoms with E-state index in [1.807, 2.05) is 0 Å². The molecule has 3 heterocycles. The molecule has 1 aliphatic heterocycles. The Kier molecular flexibility index (Phi) is 5.08. The van der Waals surface area contributed by atoms with Gasteiger partial charge in [0.1, 0.15) is 11.4 Å². The molecular formula is C22H23FN6O3. The normalized spacial score (nSPS) is 14.7. The number of hydrogen-bond donors (Lipinski definition) is 3. The van der Waals surface area contributed by atoms with Crippen LogP contribution in [0.3, 0.4) is 0 Å². The van der Waals surface area contributed by atoms with Crippen LogP contribution in [0.15, 0.2) is 30.7 Å². The van der Waals surface area contributed by atoms with Crippen LogP contribution in [0.1, 0.15) is 19.4 Å². The summed E-state index contributed by atoms with van der Waals surface area (Å²) in [5.74, 6) is -0.454. The molecule has 9 nitrogen and oxygen atoms in total. The van der Waals surface area contributed by atoms with Crippen molar-refractivity contribution in [1.82, 2.24) is 14.9 Å². The van der Waals surface area contributed by atoms with E-state index < -0.39 is 17.5 Å². The van der Waals surface area contributed by atoms with Crippen molar-refractivity contribution in [3.63, 3.8) is 0 Å². The molecule has 2 aromatic heterocycles. The number of rotatable bonds is 3. The van der Waals surface area contributed by atoms with Crippen LogP contribution in [-0.2, 0) is 9.53 Å². The van der Waals surface area contributed by atoms with Crippen LogP contribution in [0, 0.1) is 12.7 Å². The van der Waals surface area contributed by atoms with Gasteiger partial charge in [-0.05, 0) is 36.9 Å². The number of pyridine rings is 2. The number of fused-ring (bicyclic) bond motifs is 1. The molecule has 3 aromatic rings. The lowest BCUT2D eigenvalue weighted by molar-refractivity contribution is -0.149. The predicted molar refractivity (Wildman–Crippen MR) is 119 cm³/mol. The third kappa shape index (κ3) is 3.75. The van der Waals surface area contributed by atoms with Gasteiger partial charge in [0.25, 0.3) is 0 Å². The number of benzene rings is 1. The summed E-state index contributed by atoms with van der Waals surface area (Å²) in [7, 11) is 0. The molecule has 1 fully saturated rings. The second-order valence-corrected chi connectivity index (χ2v) is 8.18. The summed E-state index contributed by atoms with van der Waals surface area (Å²) in [5.41, 5.74) is 13.0. The van der Waals surface area contributed by atoms with E-state index in [-0.39, 0.29) is 23.0 Å². The van der Waals surface area contributed by atoms with Gasteiger partial charge >= 0.3 is 6.09 Å². The van der Waals surface area contributed by atoms with Crippen molar-refractivity contribution in [2.45, 2.75) is 26.4 Å². The van der Waals surface area contributed by atoms with E-state index >= 15 is 4.39 Å². The number of nitrogen functional groups attached to an aromatic ring is 2. The average Bonchev–Trinajstić information content (AvgIpc) is 2.70. The monoisotopic (exact) mass is 438 g/mol. The fourth-order valence-electron chi connectivity index (χ4n) is 3.78. The number of carbonyl (C=O) groups is 2. The number of nitrogens with zero attached hydrogens (tertiary/aromatic N) is 3. The number of halogens is 1. The van der Waals surface area contributed by atoms with Crippen molar-refractivity contribution in [1.29, 1.82) is 0 Å². The lowest BCUT2D eigenvalue weighted by atomic mass is 9.96. The highest BCUT2D eigenvalue weighted by Gasteiger charge is 2.43. The van der Waals surface area contributed by atoms with Gasteiger partial charge in [0, 0.05) is 35.8 Å². The quantitative estimate of drug-likeness (QED) is 0.535. The Hall–Kier alpha value is -3.95. The number of ether oxygens (including phenoxy) is 1. The fourth-order valence-corrected chi connectivity index (χ4v) is 3.78. The highest BCUT2D eigenvalue weighted by Crippen LogP contribution is 2.36. The number of anilines is 3. The Morgan fingerprint density at radius 2 is 1.91 bits per heavy atom. The smallest absolute Gasteiger partial charge is 0.413 e. The standard InChI is InChI=1S/C22H23FN6O3/c1-11-15(6-26-8-17(11)24)14-4-13-5-18(27-7-16(13)20(25)19(14)23)28-21(31)32-22(3)9-29(10-22)12(2)30/h4-8H,9-10,24-25H2,1-3H3,(H,27,28,31). The van der Waals surface area contributed by atoms with Gasteiger partial charge in [0.05, 0.1) is 30.7 Å². The zero-order valence-electron chi connectivity index (χ0n) is 17.9. The van der Waals surface area contributed by atoms with Gasteiger partial charge in [-0.2, -0.15) is 0 Å². The fraction of sp³-hybridized carbons (Fsp3) is 0.273. The second kappa shape index (κ2) is 7.63. The van der Waals surface area contributed by atoms with Gasteiger partial charge in [-0.3, -0.25) is 15.1 Å². The minimum atomic E-state index is -0.759. The topological polar surface area (TPSA) is 136 Å². The SMILES string of the molecule is CC(=O)N1CC(C)(OC(=O)Nc2cc3cc(-c4cncc(N)c4C)c(F)c(N)c3cn2)C1. The van der Waals surface area contributed by atoms with Gasteiger partial charge < -0.3 is 21.1 Å². The van der Waals surface area contributed by atoms with Crippen molar-refractivity contribution in [2.24, 2.45) is 0 Å². The lowest BCUT2D eigenvalue weighted by Crippen LogP contribution is -2.63. The second-order valence-electron chi connectivity index (χ2n) is 8.18. The number of likely N-dealkylation sites (tertiary alicyclic amines) is 1. The van der Waals surface area contributed by atoms with Gasteiger partial charge in [-0.1, -0.05) is 0 Å². The Labute approximate surface area is 183 Å². The molecule has 0 spiro atoms. The highest BCUT2D eigenvalue weighted by atomic mass is 19.1. The van der Waals surface area contributed by atoms with Crippen molar-refractivity contribution >= 4 is 40.0 Å². The van der Waals surface area contributed by atoms with Crippen LogP contribution in [0.25, 0.3) is 21.9 Å². The largest absolute Gasteiger partial charge is 0.439 e. The minimum absolute atomic E-state index is 0.0627. The molecule has 0 atom stereocenters. The summed E-state index contributed by atoms with van der Waals surface area (Å²) in [6.45, 7) is 5.64. The van der Waals surface area contributed by atoms with Crippen molar-refractivity contribution in [3.8, 4) is 11.1 Å². The lowest BCUT2D eigenvalue weighted by Gasteiger charge is -2.46. The summed E-state index contributed by atoms with van der Waals surface area (Å²) in [6, 6.07) is 3.19. The van der Waals surface area contributed by atoms with E-state index in [0.29, 0.717) is 40.7 Å². The number of nitrogens with two attached hydrogens (primary N) is 2. The molecule has 0 bridgehead atoms. The molecule has 0 unspecified atom stereocenters. The molecule has 2 amide bonds. The zero-order chi connectivity index (χ0) is 23.2. The van der Waals surface area contributed by atoms with E-state index in [1.54, 1.807) is 30.9 Å². The van der Waals surface area contributed by atoms with Gasteiger partial charge in [0.15, 0.2) is 5.82 Å². The minimum Gasteiger partial charge on any atom is -0.439 e. The summed E-state index contributed by atoms with van der Waals surface area (Å²) >= 11 is 0. The number of nitrogens with one attached hydrogen (secondary N) is 1. The summed E-state index contributed by atoms with van der Waals surface area (Å²) < 4.78 is 20.5. The zero-order valence-corrected chi connectivity index (χ0v) is 17.9. The molecule has 0 aliphatic carbocycles. The molecule has 0 radical (unpaired) electrons. The molecule has 166 valence electrons. The summed E-state index contributed by atoms with van der Waals surface area (Å²) in [6.07, 6.45) is 3.71. The van der Waals surface area contributed by atoms with Crippen molar-refractivity contribution < 1.29 is 18.7 Å². The van der Waals surface area contributed by atoms with E-state index in [9.17, 15) is 9.59 Å². The Morgan fingerprint density at radius 1 is 1.19 bits per heavy atom. The van der Waals surface area contributed by atoms with Crippen molar-refractivity contribution in [2.75, 3.05) is 29.9 Å². The first-order valence-electron chi connectivity index (χ1n) is 9.91. The predicted octanol–water partition coefficient (Wildman–Crippen LogP) is 3.08. The molecule has 1 saturated heterocycles.